The van der Waals surface area contributed by atoms with Crippen LogP contribution < -0.4 is 10.1 Å². The average molecular weight is 339 g/mol. The van der Waals surface area contributed by atoms with Crippen LogP contribution in [-0.2, 0) is 4.79 Å². The predicted molar refractivity (Wildman–Crippen MR) is 77.7 cm³/mol. The highest BCUT2D eigenvalue weighted by Gasteiger charge is 2.09. The SMILES string of the molecule is C[C@@H](Br)C(=O)Nc1ccc(Oc2ccc(F)cc2)cn1. The molecule has 104 valence electrons. The molecule has 1 aromatic heterocycles. The molecular formula is C14H12BrFN2O2. The molecule has 0 aliphatic heterocycles. The van der Waals surface area contributed by atoms with Crippen LogP contribution in [0.5, 0.6) is 11.5 Å². The molecule has 2 aromatic rings. The van der Waals surface area contributed by atoms with Gasteiger partial charge < -0.3 is 10.1 Å². The molecule has 1 aromatic carbocycles. The number of hydrogen-bond acceptors (Lipinski definition) is 3. The Morgan fingerprint density at radius 2 is 1.90 bits per heavy atom. The van der Waals surface area contributed by atoms with Gasteiger partial charge in [0.1, 0.15) is 23.1 Å². The summed E-state index contributed by atoms with van der Waals surface area (Å²) in [4.78, 5) is 15.2. The van der Waals surface area contributed by atoms with Gasteiger partial charge in [0, 0.05) is 0 Å². The maximum Gasteiger partial charge on any atom is 0.239 e. The minimum Gasteiger partial charge on any atom is -0.456 e. The van der Waals surface area contributed by atoms with Gasteiger partial charge >= 0.3 is 0 Å². The summed E-state index contributed by atoms with van der Waals surface area (Å²) in [5, 5.41) is 2.64. The molecule has 1 atom stereocenters. The molecule has 0 bridgehead atoms. The van der Waals surface area contributed by atoms with Crippen molar-refractivity contribution in [2.45, 2.75) is 11.8 Å². The molecule has 1 heterocycles. The van der Waals surface area contributed by atoms with Crippen LogP contribution in [0.25, 0.3) is 0 Å². The molecule has 20 heavy (non-hydrogen) atoms. The van der Waals surface area contributed by atoms with Gasteiger partial charge in [-0.1, -0.05) is 15.9 Å². The van der Waals surface area contributed by atoms with Crippen molar-refractivity contribution in [2.24, 2.45) is 0 Å². The maximum absolute atomic E-state index is 12.8. The molecule has 0 saturated heterocycles. The zero-order chi connectivity index (χ0) is 14.5. The molecule has 4 nitrogen and oxygen atoms in total. The molecule has 0 aliphatic rings. The molecule has 6 heteroatoms. The molecule has 1 N–H and O–H groups in total. The summed E-state index contributed by atoms with van der Waals surface area (Å²) >= 11 is 3.17. The first-order valence-electron chi connectivity index (χ1n) is 5.89. The number of alkyl halides is 1. The molecule has 2 rings (SSSR count). The van der Waals surface area contributed by atoms with Gasteiger partial charge in [0.25, 0.3) is 0 Å². The quantitative estimate of drug-likeness (QED) is 0.864. The van der Waals surface area contributed by atoms with Crippen LogP contribution in [0.1, 0.15) is 6.92 Å². The topological polar surface area (TPSA) is 51.2 Å². The summed E-state index contributed by atoms with van der Waals surface area (Å²) in [5.41, 5.74) is 0. The number of anilines is 1. The van der Waals surface area contributed by atoms with Gasteiger partial charge in [-0.2, -0.15) is 0 Å². The van der Waals surface area contributed by atoms with Crippen LogP contribution in [0.3, 0.4) is 0 Å². The van der Waals surface area contributed by atoms with Gasteiger partial charge in [-0.05, 0) is 43.3 Å². The molecular weight excluding hydrogens is 327 g/mol. The Labute approximate surface area is 124 Å². The Morgan fingerprint density at radius 1 is 1.25 bits per heavy atom. The Balaban J connectivity index is 2.01. The highest BCUT2D eigenvalue weighted by molar-refractivity contribution is 9.10. The number of nitrogens with zero attached hydrogens (tertiary/aromatic N) is 1. The van der Waals surface area contributed by atoms with Gasteiger partial charge in [0.2, 0.25) is 5.91 Å². The van der Waals surface area contributed by atoms with Gasteiger partial charge in [0.05, 0.1) is 11.0 Å². The van der Waals surface area contributed by atoms with Crippen molar-refractivity contribution < 1.29 is 13.9 Å². The number of hydrogen-bond donors (Lipinski definition) is 1. The van der Waals surface area contributed by atoms with Gasteiger partial charge in [0.15, 0.2) is 0 Å². The van der Waals surface area contributed by atoms with E-state index in [2.05, 4.69) is 26.2 Å². The minimum atomic E-state index is -0.322. The molecule has 0 aliphatic carbocycles. The van der Waals surface area contributed by atoms with Gasteiger partial charge in [-0.15, -0.1) is 0 Å². The van der Waals surface area contributed by atoms with E-state index in [4.69, 9.17) is 4.74 Å². The van der Waals surface area contributed by atoms with E-state index in [1.807, 2.05) is 0 Å². The summed E-state index contributed by atoms with van der Waals surface area (Å²) in [6.07, 6.45) is 1.48. The summed E-state index contributed by atoms with van der Waals surface area (Å²) in [6, 6.07) is 8.98. The van der Waals surface area contributed by atoms with Crippen LogP contribution in [-0.4, -0.2) is 15.7 Å². The van der Waals surface area contributed by atoms with Crippen LogP contribution in [0.15, 0.2) is 42.6 Å². The lowest BCUT2D eigenvalue weighted by Crippen LogP contribution is -2.20. The molecule has 0 saturated carbocycles. The van der Waals surface area contributed by atoms with E-state index in [0.29, 0.717) is 17.3 Å². The summed E-state index contributed by atoms with van der Waals surface area (Å²) in [6.45, 7) is 1.72. The standard InChI is InChI=1S/C14H12BrFN2O2/c1-9(15)14(19)18-13-7-6-12(8-17-13)20-11-4-2-10(16)3-5-11/h2-9H,1H3,(H,17,18,19)/t9-/m1/s1. The zero-order valence-corrected chi connectivity index (χ0v) is 12.2. The number of amides is 1. The second-order valence-electron chi connectivity index (χ2n) is 4.04. The third kappa shape index (κ3) is 4.03. The number of ether oxygens (including phenoxy) is 1. The Morgan fingerprint density at radius 3 is 2.45 bits per heavy atom. The number of rotatable bonds is 4. The minimum absolute atomic E-state index is 0.176. The van der Waals surface area contributed by atoms with Crippen molar-refractivity contribution in [2.75, 3.05) is 5.32 Å². The van der Waals surface area contributed by atoms with Crippen molar-refractivity contribution in [1.82, 2.24) is 4.98 Å². The largest absolute Gasteiger partial charge is 0.456 e. The lowest BCUT2D eigenvalue weighted by Gasteiger charge is -2.08. The van der Waals surface area contributed by atoms with E-state index < -0.39 is 0 Å². The summed E-state index contributed by atoms with van der Waals surface area (Å²) < 4.78 is 18.2. The van der Waals surface area contributed by atoms with E-state index in [0.717, 1.165) is 0 Å². The number of carbonyl (C=O) groups excluding carboxylic acids is 1. The maximum atomic E-state index is 12.8. The van der Waals surface area contributed by atoms with Gasteiger partial charge in [-0.25, -0.2) is 9.37 Å². The Bertz CT molecular complexity index is 585. The summed E-state index contributed by atoms with van der Waals surface area (Å²) in [7, 11) is 0. The summed E-state index contributed by atoms with van der Waals surface area (Å²) in [5.74, 6) is 0.954. The van der Waals surface area contributed by atoms with Crippen LogP contribution in [0.2, 0.25) is 0 Å². The van der Waals surface area contributed by atoms with E-state index in [1.54, 1.807) is 19.1 Å². The highest BCUT2D eigenvalue weighted by Crippen LogP contribution is 2.21. The number of carbonyl (C=O) groups is 1. The van der Waals surface area contributed by atoms with E-state index in [1.165, 1.54) is 30.5 Å². The fraction of sp³-hybridized carbons (Fsp3) is 0.143. The van der Waals surface area contributed by atoms with Crippen molar-refractivity contribution in [3.8, 4) is 11.5 Å². The fourth-order valence-corrected chi connectivity index (χ4v) is 1.49. The van der Waals surface area contributed by atoms with Crippen molar-refractivity contribution in [1.29, 1.82) is 0 Å². The predicted octanol–water partition coefficient (Wildman–Crippen LogP) is 3.73. The number of aromatic nitrogens is 1. The van der Waals surface area contributed by atoms with Crippen LogP contribution in [0, 0.1) is 5.82 Å². The first-order valence-corrected chi connectivity index (χ1v) is 6.80. The fourth-order valence-electron chi connectivity index (χ4n) is 1.38. The number of benzene rings is 1. The first kappa shape index (κ1) is 14.5. The molecule has 1 amide bonds. The molecule has 0 fully saturated rings. The second-order valence-corrected chi connectivity index (χ2v) is 5.41. The lowest BCUT2D eigenvalue weighted by atomic mass is 10.3. The van der Waals surface area contributed by atoms with Crippen LogP contribution in [0.4, 0.5) is 10.2 Å². The third-order valence-corrected chi connectivity index (χ3v) is 2.81. The third-order valence-electron chi connectivity index (χ3n) is 2.40. The number of nitrogens with one attached hydrogen (secondary N) is 1. The van der Waals surface area contributed by atoms with Crippen molar-refractivity contribution >= 4 is 27.7 Å². The lowest BCUT2D eigenvalue weighted by molar-refractivity contribution is -0.115. The average Bonchev–Trinajstić information content (AvgIpc) is 2.43. The Hall–Kier alpha value is -1.95. The zero-order valence-electron chi connectivity index (χ0n) is 10.6. The van der Waals surface area contributed by atoms with E-state index in [9.17, 15) is 9.18 Å². The monoisotopic (exact) mass is 338 g/mol. The Kier molecular flexibility index (Phi) is 4.68. The first-order chi connectivity index (χ1) is 9.54. The van der Waals surface area contributed by atoms with Crippen molar-refractivity contribution in [3.63, 3.8) is 0 Å². The van der Waals surface area contributed by atoms with Crippen molar-refractivity contribution in [3.05, 3.63) is 48.4 Å². The van der Waals surface area contributed by atoms with Crippen LogP contribution >= 0.6 is 15.9 Å². The molecule has 0 radical (unpaired) electrons. The highest BCUT2D eigenvalue weighted by atomic mass is 79.9. The van der Waals surface area contributed by atoms with E-state index in [-0.39, 0.29) is 16.6 Å². The smallest absolute Gasteiger partial charge is 0.239 e. The van der Waals surface area contributed by atoms with Gasteiger partial charge in [-0.3, -0.25) is 4.79 Å². The molecule has 0 spiro atoms. The number of halogens is 2. The second kappa shape index (κ2) is 6.47. The normalized spacial score (nSPS) is 11.8. The number of pyridine rings is 1. The molecule has 0 unspecified atom stereocenters. The van der Waals surface area contributed by atoms with E-state index >= 15 is 0 Å².